The molecule has 0 saturated carbocycles. The quantitative estimate of drug-likeness (QED) is 0.566. The topological polar surface area (TPSA) is 75.7 Å². The maximum absolute atomic E-state index is 13.6. The summed E-state index contributed by atoms with van der Waals surface area (Å²) in [5.74, 6) is 0.0381. The van der Waals surface area contributed by atoms with Crippen molar-refractivity contribution in [3.8, 4) is 5.75 Å². The van der Waals surface area contributed by atoms with Crippen LogP contribution in [0, 0.1) is 13.8 Å². The highest BCUT2D eigenvalue weighted by Crippen LogP contribution is 2.38. The first-order valence-corrected chi connectivity index (χ1v) is 13.5. The third kappa shape index (κ3) is 4.52. The molecular weight excluding hydrogens is 460 g/mol. The number of ether oxygens (including phenoxy) is 1. The van der Waals surface area contributed by atoms with Gasteiger partial charge in [0.05, 0.1) is 23.2 Å². The summed E-state index contributed by atoms with van der Waals surface area (Å²) < 4.78 is 34.6. The second-order valence-corrected chi connectivity index (χ2v) is 11.4. The lowest BCUT2D eigenvalue weighted by Gasteiger charge is -2.35. The smallest absolute Gasteiger partial charge is 0.264 e. The summed E-state index contributed by atoms with van der Waals surface area (Å²) in [7, 11) is -3.89. The van der Waals surface area contributed by atoms with Gasteiger partial charge in [-0.05, 0) is 86.6 Å². The predicted molar refractivity (Wildman–Crippen MR) is 136 cm³/mol. The van der Waals surface area contributed by atoms with Gasteiger partial charge in [0.15, 0.2) is 6.10 Å². The van der Waals surface area contributed by atoms with Crippen molar-refractivity contribution in [3.63, 3.8) is 0 Å². The molecule has 1 N–H and O–H groups in total. The zero-order chi connectivity index (χ0) is 24.7. The number of fused-ring (bicyclic) bond motifs is 2. The number of nitrogens with zero attached hydrogens (tertiary/aromatic N) is 1. The Kier molecular flexibility index (Phi) is 6.05. The van der Waals surface area contributed by atoms with E-state index in [0.29, 0.717) is 11.4 Å². The Morgan fingerprint density at radius 1 is 0.971 bits per heavy atom. The normalized spacial score (nSPS) is 17.8. The lowest BCUT2D eigenvalue weighted by Crippen LogP contribution is -2.51. The van der Waals surface area contributed by atoms with Crippen LogP contribution in [0.3, 0.4) is 0 Å². The van der Waals surface area contributed by atoms with Crippen molar-refractivity contribution in [1.29, 1.82) is 0 Å². The van der Waals surface area contributed by atoms with Crippen LogP contribution in [0.5, 0.6) is 5.75 Å². The van der Waals surface area contributed by atoms with Crippen molar-refractivity contribution in [2.75, 3.05) is 10.8 Å². The molecule has 0 radical (unpaired) electrons. The monoisotopic (exact) mass is 490 g/mol. The van der Waals surface area contributed by atoms with Crippen molar-refractivity contribution in [2.24, 2.45) is 0 Å². The van der Waals surface area contributed by atoms with Crippen LogP contribution in [0.2, 0.25) is 0 Å². The van der Waals surface area contributed by atoms with Gasteiger partial charge in [0, 0.05) is 0 Å². The van der Waals surface area contributed by atoms with Gasteiger partial charge in [0.2, 0.25) is 0 Å². The van der Waals surface area contributed by atoms with Crippen LogP contribution < -0.4 is 14.4 Å². The van der Waals surface area contributed by atoms with Crippen LogP contribution in [0.1, 0.15) is 47.2 Å². The van der Waals surface area contributed by atoms with Crippen molar-refractivity contribution in [3.05, 3.63) is 88.5 Å². The van der Waals surface area contributed by atoms with Crippen LogP contribution in [-0.4, -0.2) is 27.0 Å². The van der Waals surface area contributed by atoms with Gasteiger partial charge in [-0.15, -0.1) is 0 Å². The van der Waals surface area contributed by atoms with Crippen molar-refractivity contribution in [1.82, 2.24) is 5.32 Å². The molecule has 1 aliphatic heterocycles. The largest absolute Gasteiger partial charge is 0.476 e. The molecule has 3 aromatic rings. The molecule has 7 heteroatoms. The van der Waals surface area contributed by atoms with Crippen LogP contribution >= 0.6 is 0 Å². The fourth-order valence-electron chi connectivity index (χ4n) is 4.81. The van der Waals surface area contributed by atoms with Crippen LogP contribution in [-0.2, 0) is 27.7 Å². The van der Waals surface area contributed by atoms with E-state index in [1.165, 1.54) is 21.9 Å². The van der Waals surface area contributed by atoms with E-state index in [0.717, 1.165) is 29.5 Å². The number of carbonyl (C=O) groups is 1. The minimum atomic E-state index is -3.89. The summed E-state index contributed by atoms with van der Waals surface area (Å²) >= 11 is 0. The fraction of sp³-hybridized carbons (Fsp3) is 0.321. The van der Waals surface area contributed by atoms with Gasteiger partial charge < -0.3 is 10.1 Å². The second-order valence-electron chi connectivity index (χ2n) is 9.54. The average molecular weight is 491 g/mol. The van der Waals surface area contributed by atoms with Gasteiger partial charge in [-0.2, -0.15) is 0 Å². The Hall–Kier alpha value is -3.32. The first-order chi connectivity index (χ1) is 16.7. The Bertz CT molecular complexity index is 1380. The summed E-state index contributed by atoms with van der Waals surface area (Å²) in [6.45, 7) is 5.64. The standard InChI is InChI=1S/C28H30N2O4S/c1-18-7-12-24(13-8-18)35(32,33)30-17-27(34-26-14-9-19(2)15-25(26)30)28(31)29-20(3)22-11-10-21-5-4-6-23(21)16-22/h7-16,20,27H,4-6,17H2,1-3H3,(H,29,31)/t20-,27+/m0/s1. The molecule has 0 saturated heterocycles. The molecule has 2 atom stereocenters. The van der Waals surface area contributed by atoms with Crippen molar-refractivity contribution >= 4 is 21.6 Å². The third-order valence-electron chi connectivity index (χ3n) is 6.87. The number of aryl methyl sites for hydroxylation is 4. The number of sulfonamides is 1. The van der Waals surface area contributed by atoms with Gasteiger partial charge in [0.1, 0.15) is 5.75 Å². The molecule has 2 aliphatic rings. The summed E-state index contributed by atoms with van der Waals surface area (Å²) in [6.07, 6.45) is 2.37. The van der Waals surface area contributed by atoms with Gasteiger partial charge >= 0.3 is 0 Å². The van der Waals surface area contributed by atoms with Gasteiger partial charge in [-0.3, -0.25) is 9.10 Å². The highest BCUT2D eigenvalue weighted by Gasteiger charge is 2.38. The molecule has 0 unspecified atom stereocenters. The number of nitrogens with one attached hydrogen (secondary N) is 1. The van der Waals surface area contributed by atoms with E-state index in [9.17, 15) is 13.2 Å². The molecule has 6 nitrogen and oxygen atoms in total. The maximum Gasteiger partial charge on any atom is 0.264 e. The molecule has 1 amide bonds. The van der Waals surface area contributed by atoms with E-state index in [2.05, 4.69) is 23.5 Å². The highest BCUT2D eigenvalue weighted by molar-refractivity contribution is 7.92. The van der Waals surface area contributed by atoms with E-state index in [1.54, 1.807) is 36.4 Å². The number of anilines is 1. The van der Waals surface area contributed by atoms with Crippen LogP contribution in [0.25, 0.3) is 0 Å². The van der Waals surface area contributed by atoms with Crippen molar-refractivity contribution < 1.29 is 17.9 Å². The lowest BCUT2D eigenvalue weighted by molar-refractivity contribution is -0.128. The zero-order valence-electron chi connectivity index (χ0n) is 20.2. The van der Waals surface area contributed by atoms with E-state index < -0.39 is 16.1 Å². The predicted octanol–water partition coefficient (Wildman–Crippen LogP) is 4.63. The van der Waals surface area contributed by atoms with Crippen molar-refractivity contribution in [2.45, 2.75) is 57.1 Å². The van der Waals surface area contributed by atoms with Crippen LogP contribution in [0.15, 0.2) is 65.6 Å². The minimum Gasteiger partial charge on any atom is -0.476 e. The van der Waals surface area contributed by atoms with Gasteiger partial charge in [0.25, 0.3) is 15.9 Å². The molecule has 0 spiro atoms. The molecule has 0 aromatic heterocycles. The average Bonchev–Trinajstić information content (AvgIpc) is 3.31. The van der Waals surface area contributed by atoms with Gasteiger partial charge in [-0.1, -0.05) is 42.0 Å². The third-order valence-corrected chi connectivity index (χ3v) is 8.66. The van der Waals surface area contributed by atoms with E-state index in [4.69, 9.17) is 4.74 Å². The molecule has 0 fully saturated rings. The van der Waals surface area contributed by atoms with Gasteiger partial charge in [-0.25, -0.2) is 8.42 Å². The summed E-state index contributed by atoms with van der Waals surface area (Å²) in [5, 5.41) is 3.03. The second kappa shape index (κ2) is 9.04. The highest BCUT2D eigenvalue weighted by atomic mass is 32.2. The van der Waals surface area contributed by atoms with E-state index in [1.807, 2.05) is 26.8 Å². The number of amides is 1. The maximum atomic E-state index is 13.6. The Labute approximate surface area is 207 Å². The summed E-state index contributed by atoms with van der Waals surface area (Å²) in [4.78, 5) is 13.5. The number of hydrogen-bond acceptors (Lipinski definition) is 4. The van der Waals surface area contributed by atoms with Crippen LogP contribution in [0.4, 0.5) is 5.69 Å². The lowest BCUT2D eigenvalue weighted by atomic mass is 10.0. The molecular formula is C28H30N2O4S. The summed E-state index contributed by atoms with van der Waals surface area (Å²) in [5.41, 5.74) is 6.09. The fourth-order valence-corrected chi connectivity index (χ4v) is 6.28. The first-order valence-electron chi connectivity index (χ1n) is 12.0. The van der Waals surface area contributed by atoms with E-state index in [-0.39, 0.29) is 23.4 Å². The SMILES string of the molecule is Cc1ccc(S(=O)(=O)N2C[C@H](C(=O)N[C@@H](C)c3ccc4c(c3)CCC4)Oc3ccc(C)cc32)cc1. The van der Waals surface area contributed by atoms with E-state index >= 15 is 0 Å². The summed E-state index contributed by atoms with van der Waals surface area (Å²) in [6, 6.07) is 18.2. The Morgan fingerprint density at radius 3 is 2.46 bits per heavy atom. The molecule has 182 valence electrons. The minimum absolute atomic E-state index is 0.102. The molecule has 1 aliphatic carbocycles. The number of rotatable bonds is 5. The first kappa shape index (κ1) is 23.4. The molecule has 35 heavy (non-hydrogen) atoms. The zero-order valence-corrected chi connectivity index (χ0v) is 21.1. The molecule has 5 rings (SSSR count). The number of hydrogen-bond donors (Lipinski definition) is 1. The number of carbonyl (C=O) groups excluding carboxylic acids is 1. The molecule has 3 aromatic carbocycles. The molecule has 1 heterocycles. The Balaban J connectivity index is 1.42. The molecule has 0 bridgehead atoms. The number of benzene rings is 3. The Morgan fingerprint density at radius 2 is 1.69 bits per heavy atom.